The summed E-state index contributed by atoms with van der Waals surface area (Å²) >= 11 is 0. The number of benzene rings is 1. The second-order valence-corrected chi connectivity index (χ2v) is 5.07. The van der Waals surface area contributed by atoms with Gasteiger partial charge in [0.25, 0.3) is 0 Å². The second-order valence-electron chi connectivity index (χ2n) is 5.07. The first-order valence-electron chi connectivity index (χ1n) is 6.20. The van der Waals surface area contributed by atoms with Gasteiger partial charge in [-0.1, -0.05) is 32.0 Å². The fraction of sp³-hybridized carbons (Fsp3) is 0.571. The molecule has 0 spiro atoms. The van der Waals surface area contributed by atoms with Crippen LogP contribution in [0, 0.1) is 5.92 Å². The van der Waals surface area contributed by atoms with Gasteiger partial charge in [0.2, 0.25) is 0 Å². The zero-order valence-corrected chi connectivity index (χ0v) is 10.2. The number of rotatable bonds is 3. The van der Waals surface area contributed by atoms with E-state index in [0.717, 1.165) is 30.6 Å². The van der Waals surface area contributed by atoms with E-state index < -0.39 is 0 Å². The van der Waals surface area contributed by atoms with Crippen molar-refractivity contribution in [1.29, 1.82) is 0 Å². The van der Waals surface area contributed by atoms with Gasteiger partial charge in [-0.2, -0.15) is 0 Å². The van der Waals surface area contributed by atoms with Crippen molar-refractivity contribution in [3.8, 4) is 5.75 Å². The predicted molar refractivity (Wildman–Crippen MR) is 66.9 cm³/mol. The highest BCUT2D eigenvalue weighted by Gasteiger charge is 2.18. The van der Waals surface area contributed by atoms with Crippen molar-refractivity contribution >= 4 is 0 Å². The lowest BCUT2D eigenvalue weighted by atomic mass is 9.93. The van der Waals surface area contributed by atoms with Gasteiger partial charge in [0.15, 0.2) is 0 Å². The smallest absolute Gasteiger partial charge is 0.122 e. The molecule has 16 heavy (non-hydrogen) atoms. The molecule has 1 aromatic carbocycles. The van der Waals surface area contributed by atoms with E-state index >= 15 is 0 Å². The molecule has 0 aromatic heterocycles. The van der Waals surface area contributed by atoms with Crippen molar-refractivity contribution in [2.24, 2.45) is 5.92 Å². The Bertz CT molecular complexity index is 354. The Labute approximate surface area is 97.7 Å². The minimum absolute atomic E-state index is 0.390. The van der Waals surface area contributed by atoms with E-state index in [4.69, 9.17) is 0 Å². The van der Waals surface area contributed by atoms with Crippen molar-refractivity contribution in [3.63, 3.8) is 0 Å². The second kappa shape index (κ2) is 4.88. The molecule has 0 radical (unpaired) electrons. The molecule has 1 unspecified atom stereocenters. The van der Waals surface area contributed by atoms with Gasteiger partial charge >= 0.3 is 0 Å². The molecular formula is C14H21NO. The van der Waals surface area contributed by atoms with Crippen LogP contribution in [-0.2, 0) is 6.42 Å². The molecule has 1 atom stereocenters. The summed E-state index contributed by atoms with van der Waals surface area (Å²) in [4.78, 5) is 0. The topological polar surface area (TPSA) is 32.3 Å². The van der Waals surface area contributed by atoms with Crippen molar-refractivity contribution in [2.75, 3.05) is 13.1 Å². The number of nitrogens with one attached hydrogen (secondary N) is 1. The summed E-state index contributed by atoms with van der Waals surface area (Å²) in [7, 11) is 0. The third-order valence-electron chi connectivity index (χ3n) is 3.44. The predicted octanol–water partition coefficient (Wildman–Crippen LogP) is 2.67. The molecule has 2 nitrogen and oxygen atoms in total. The quantitative estimate of drug-likeness (QED) is 0.819. The zero-order valence-electron chi connectivity index (χ0n) is 10.2. The van der Waals surface area contributed by atoms with E-state index in [1.165, 1.54) is 6.42 Å². The van der Waals surface area contributed by atoms with E-state index in [2.05, 4.69) is 31.3 Å². The van der Waals surface area contributed by atoms with E-state index in [-0.39, 0.29) is 0 Å². The lowest BCUT2D eigenvalue weighted by Gasteiger charge is -2.14. The molecule has 1 fully saturated rings. The Morgan fingerprint density at radius 2 is 2.25 bits per heavy atom. The third kappa shape index (κ3) is 2.38. The third-order valence-corrected chi connectivity index (χ3v) is 3.44. The zero-order chi connectivity index (χ0) is 11.5. The molecule has 2 rings (SSSR count). The van der Waals surface area contributed by atoms with Gasteiger partial charge in [-0.25, -0.2) is 0 Å². The summed E-state index contributed by atoms with van der Waals surface area (Å²) in [5, 5.41) is 13.6. The van der Waals surface area contributed by atoms with Crippen LogP contribution in [0.15, 0.2) is 18.2 Å². The molecule has 0 aliphatic carbocycles. The maximum Gasteiger partial charge on any atom is 0.122 e. The summed E-state index contributed by atoms with van der Waals surface area (Å²) in [6.07, 6.45) is 2.23. The number of phenols is 1. The lowest BCUT2D eigenvalue weighted by Crippen LogP contribution is -2.11. The molecule has 1 heterocycles. The Morgan fingerprint density at radius 1 is 1.44 bits per heavy atom. The SMILES string of the molecule is CC(C)c1cccc(CC2CCNC2)c1O. The number of phenolic OH excluding ortho intramolecular Hbond substituents is 1. The monoisotopic (exact) mass is 219 g/mol. The number of hydrogen-bond donors (Lipinski definition) is 2. The van der Waals surface area contributed by atoms with Crippen molar-refractivity contribution in [1.82, 2.24) is 5.32 Å². The van der Waals surface area contributed by atoms with Crippen LogP contribution < -0.4 is 5.32 Å². The molecule has 1 aliphatic heterocycles. The van der Waals surface area contributed by atoms with Crippen LogP contribution in [0.5, 0.6) is 5.75 Å². The largest absolute Gasteiger partial charge is 0.507 e. The molecule has 0 saturated carbocycles. The Hall–Kier alpha value is -1.02. The number of aromatic hydroxyl groups is 1. The van der Waals surface area contributed by atoms with E-state index in [1.54, 1.807) is 0 Å². The summed E-state index contributed by atoms with van der Waals surface area (Å²) in [6, 6.07) is 6.14. The molecule has 1 aromatic rings. The van der Waals surface area contributed by atoms with E-state index in [0.29, 0.717) is 17.6 Å². The Morgan fingerprint density at radius 3 is 2.88 bits per heavy atom. The average molecular weight is 219 g/mol. The van der Waals surface area contributed by atoms with Crippen LogP contribution >= 0.6 is 0 Å². The molecule has 88 valence electrons. The van der Waals surface area contributed by atoms with Crippen molar-refractivity contribution in [3.05, 3.63) is 29.3 Å². The summed E-state index contributed by atoms with van der Waals surface area (Å²) in [5.74, 6) is 1.60. The normalized spacial score (nSPS) is 20.6. The summed E-state index contributed by atoms with van der Waals surface area (Å²) in [6.45, 7) is 6.45. The van der Waals surface area contributed by atoms with Crippen LogP contribution in [-0.4, -0.2) is 18.2 Å². The highest BCUT2D eigenvalue weighted by Crippen LogP contribution is 2.31. The number of para-hydroxylation sites is 1. The minimum atomic E-state index is 0.390. The van der Waals surface area contributed by atoms with Gasteiger partial charge < -0.3 is 10.4 Å². The average Bonchev–Trinajstić information content (AvgIpc) is 2.73. The van der Waals surface area contributed by atoms with E-state index in [9.17, 15) is 5.11 Å². The highest BCUT2D eigenvalue weighted by atomic mass is 16.3. The fourth-order valence-corrected chi connectivity index (χ4v) is 2.44. The van der Waals surface area contributed by atoms with Crippen LogP contribution in [0.2, 0.25) is 0 Å². The van der Waals surface area contributed by atoms with Crippen molar-refractivity contribution in [2.45, 2.75) is 32.6 Å². The molecule has 1 aliphatic rings. The standard InChI is InChI=1S/C14H21NO/c1-10(2)13-5-3-4-12(14(13)16)8-11-6-7-15-9-11/h3-5,10-11,15-16H,6-9H2,1-2H3. The summed E-state index contributed by atoms with van der Waals surface area (Å²) in [5.41, 5.74) is 2.18. The van der Waals surface area contributed by atoms with Crippen LogP contribution in [0.4, 0.5) is 0 Å². The molecular weight excluding hydrogens is 198 g/mol. The first-order valence-corrected chi connectivity index (χ1v) is 6.20. The molecule has 0 bridgehead atoms. The molecule has 2 heteroatoms. The Kier molecular flexibility index (Phi) is 3.49. The van der Waals surface area contributed by atoms with Crippen LogP contribution in [0.25, 0.3) is 0 Å². The molecule has 0 amide bonds. The lowest BCUT2D eigenvalue weighted by molar-refractivity contribution is 0.449. The van der Waals surface area contributed by atoms with Crippen molar-refractivity contribution < 1.29 is 5.11 Å². The van der Waals surface area contributed by atoms with Gasteiger partial charge in [-0.15, -0.1) is 0 Å². The van der Waals surface area contributed by atoms with Gasteiger partial charge in [0.1, 0.15) is 5.75 Å². The maximum absolute atomic E-state index is 10.2. The van der Waals surface area contributed by atoms with Gasteiger partial charge in [0, 0.05) is 0 Å². The molecule has 1 saturated heterocycles. The highest BCUT2D eigenvalue weighted by molar-refractivity contribution is 5.42. The summed E-state index contributed by atoms with van der Waals surface area (Å²) < 4.78 is 0. The van der Waals surface area contributed by atoms with Gasteiger partial charge in [-0.05, 0) is 48.9 Å². The van der Waals surface area contributed by atoms with E-state index in [1.807, 2.05) is 6.07 Å². The fourth-order valence-electron chi connectivity index (χ4n) is 2.44. The number of hydrogen-bond acceptors (Lipinski definition) is 2. The Balaban J connectivity index is 2.17. The maximum atomic E-state index is 10.2. The first-order chi connectivity index (χ1) is 7.68. The van der Waals surface area contributed by atoms with Gasteiger partial charge in [0.05, 0.1) is 0 Å². The van der Waals surface area contributed by atoms with Crippen LogP contribution in [0.3, 0.4) is 0 Å². The minimum Gasteiger partial charge on any atom is -0.507 e. The first kappa shape index (κ1) is 11.5. The van der Waals surface area contributed by atoms with Gasteiger partial charge in [-0.3, -0.25) is 0 Å². The molecule has 2 N–H and O–H groups in total. The van der Waals surface area contributed by atoms with Crippen LogP contribution in [0.1, 0.15) is 37.3 Å².